The number of aryl methyl sites for hydroxylation is 1. The van der Waals surface area contributed by atoms with Crippen LogP contribution in [0.1, 0.15) is 43.0 Å². The van der Waals surface area contributed by atoms with Gasteiger partial charge in [0.2, 0.25) is 0 Å². The lowest BCUT2D eigenvalue weighted by molar-refractivity contribution is 0.301. The van der Waals surface area contributed by atoms with E-state index in [9.17, 15) is 5.26 Å². The Bertz CT molecular complexity index is 744. The molecule has 0 N–H and O–H groups in total. The Morgan fingerprint density at radius 2 is 2.00 bits per heavy atom. The van der Waals surface area contributed by atoms with Gasteiger partial charge in [-0.1, -0.05) is 13.8 Å². The smallest absolute Gasteiger partial charge is 0.134 e. The van der Waals surface area contributed by atoms with Crippen molar-refractivity contribution in [3.8, 4) is 17.6 Å². The van der Waals surface area contributed by atoms with Crippen LogP contribution in [-0.4, -0.2) is 18.2 Å². The van der Waals surface area contributed by atoms with Crippen molar-refractivity contribution in [2.45, 2.75) is 33.6 Å². The van der Waals surface area contributed by atoms with Crippen LogP contribution < -0.4 is 9.47 Å². The molecule has 1 aromatic carbocycles. The third-order valence-corrected chi connectivity index (χ3v) is 4.18. The number of nitrogens with zero attached hydrogens (tertiary/aromatic N) is 2. The molecule has 0 aliphatic heterocycles. The van der Waals surface area contributed by atoms with Crippen LogP contribution in [0, 0.1) is 18.3 Å². The van der Waals surface area contributed by atoms with Crippen molar-refractivity contribution in [3.63, 3.8) is 0 Å². The minimum atomic E-state index is 0.539. The van der Waals surface area contributed by atoms with E-state index >= 15 is 0 Å². The third kappa shape index (κ3) is 4.84. The molecule has 5 heteroatoms. The minimum Gasteiger partial charge on any atom is -0.493 e. The van der Waals surface area contributed by atoms with Crippen LogP contribution in [0.5, 0.6) is 11.5 Å². The Hall–Kier alpha value is -2.32. The highest BCUT2D eigenvalue weighted by molar-refractivity contribution is 7.11. The van der Waals surface area contributed by atoms with E-state index in [4.69, 9.17) is 9.47 Å². The molecule has 0 saturated heterocycles. The van der Waals surface area contributed by atoms with Gasteiger partial charge in [-0.2, -0.15) is 5.26 Å². The van der Waals surface area contributed by atoms with E-state index in [2.05, 4.69) is 24.9 Å². The van der Waals surface area contributed by atoms with Gasteiger partial charge in [0.15, 0.2) is 0 Å². The van der Waals surface area contributed by atoms with Crippen molar-refractivity contribution >= 4 is 23.0 Å². The fourth-order valence-electron chi connectivity index (χ4n) is 2.06. The Morgan fingerprint density at radius 3 is 2.62 bits per heavy atom. The zero-order valence-corrected chi connectivity index (χ0v) is 15.2. The normalized spacial score (nSPS) is 11.2. The summed E-state index contributed by atoms with van der Waals surface area (Å²) in [5.41, 5.74) is 2.32. The summed E-state index contributed by atoms with van der Waals surface area (Å²) in [6, 6.07) is 7.95. The molecule has 1 heterocycles. The van der Waals surface area contributed by atoms with Crippen molar-refractivity contribution in [1.82, 2.24) is 4.98 Å². The van der Waals surface area contributed by atoms with Crippen LogP contribution >= 0.6 is 11.3 Å². The molecular weight excluding hydrogens is 320 g/mol. The summed E-state index contributed by atoms with van der Waals surface area (Å²) in [4.78, 5) is 4.39. The van der Waals surface area contributed by atoms with Gasteiger partial charge in [0.1, 0.15) is 22.6 Å². The number of ether oxygens (including phenoxy) is 2. The van der Waals surface area contributed by atoms with Gasteiger partial charge < -0.3 is 9.47 Å². The highest BCUT2D eigenvalue weighted by Gasteiger charge is 2.10. The molecule has 0 aliphatic rings. The lowest BCUT2D eigenvalue weighted by Crippen LogP contribution is -2.00. The minimum absolute atomic E-state index is 0.539. The van der Waals surface area contributed by atoms with Gasteiger partial charge in [-0.25, -0.2) is 4.98 Å². The van der Waals surface area contributed by atoms with Crippen molar-refractivity contribution in [2.75, 3.05) is 13.2 Å². The topological polar surface area (TPSA) is 55.1 Å². The van der Waals surface area contributed by atoms with Crippen molar-refractivity contribution < 1.29 is 9.47 Å². The first-order valence-electron chi connectivity index (χ1n) is 8.11. The Labute approximate surface area is 147 Å². The van der Waals surface area contributed by atoms with Gasteiger partial charge in [-0.15, -0.1) is 11.3 Å². The second-order valence-electron chi connectivity index (χ2n) is 5.36. The predicted molar refractivity (Wildman–Crippen MR) is 98.3 cm³/mol. The first-order chi connectivity index (χ1) is 11.7. The molecule has 0 saturated carbocycles. The lowest BCUT2D eigenvalue weighted by atomic mass is 10.1. The van der Waals surface area contributed by atoms with Gasteiger partial charge in [-0.3, -0.25) is 0 Å². The molecule has 0 fully saturated rings. The summed E-state index contributed by atoms with van der Waals surface area (Å²) in [7, 11) is 0. The van der Waals surface area contributed by atoms with Crippen LogP contribution in [0.4, 0.5) is 0 Å². The van der Waals surface area contributed by atoms with Gasteiger partial charge in [-0.05, 0) is 38.0 Å². The van der Waals surface area contributed by atoms with Crippen LogP contribution in [0.3, 0.4) is 0 Å². The number of benzene rings is 1. The van der Waals surface area contributed by atoms with Gasteiger partial charge >= 0.3 is 0 Å². The van der Waals surface area contributed by atoms with E-state index in [1.54, 1.807) is 0 Å². The van der Waals surface area contributed by atoms with Crippen molar-refractivity contribution in [1.29, 1.82) is 5.26 Å². The highest BCUT2D eigenvalue weighted by atomic mass is 32.1. The number of hydrogen-bond acceptors (Lipinski definition) is 5. The molecule has 2 aromatic rings. The quantitative estimate of drug-likeness (QED) is 0.627. The van der Waals surface area contributed by atoms with Gasteiger partial charge in [0, 0.05) is 22.7 Å². The lowest BCUT2D eigenvalue weighted by Gasteiger charge is -2.12. The molecule has 2 rings (SSSR count). The van der Waals surface area contributed by atoms with E-state index < -0.39 is 0 Å². The summed E-state index contributed by atoms with van der Waals surface area (Å²) >= 11 is 1.47. The SMILES string of the molecule is CCCOc1ccc(/C=C(\C#N)c2nc(C)cs2)c(OCCC)c1. The molecule has 0 radical (unpaired) electrons. The molecule has 0 atom stereocenters. The average Bonchev–Trinajstić information content (AvgIpc) is 3.03. The van der Waals surface area contributed by atoms with Gasteiger partial charge in [0.05, 0.1) is 18.8 Å². The number of thiazole rings is 1. The third-order valence-electron chi connectivity index (χ3n) is 3.19. The predicted octanol–water partition coefficient (Wildman–Crippen LogP) is 5.09. The second-order valence-corrected chi connectivity index (χ2v) is 6.22. The molecule has 4 nitrogen and oxygen atoms in total. The number of allylic oxidation sites excluding steroid dienone is 1. The molecule has 0 spiro atoms. The van der Waals surface area contributed by atoms with E-state index in [1.165, 1.54) is 11.3 Å². The molecule has 1 aromatic heterocycles. The van der Waals surface area contributed by atoms with E-state index in [1.807, 2.05) is 36.6 Å². The molecule has 0 aliphatic carbocycles. The monoisotopic (exact) mass is 342 g/mol. The first kappa shape index (κ1) is 18.0. The Morgan fingerprint density at radius 1 is 1.25 bits per heavy atom. The maximum absolute atomic E-state index is 9.47. The number of hydrogen-bond donors (Lipinski definition) is 0. The summed E-state index contributed by atoms with van der Waals surface area (Å²) < 4.78 is 11.5. The summed E-state index contributed by atoms with van der Waals surface area (Å²) in [6.45, 7) is 7.35. The van der Waals surface area contributed by atoms with Gasteiger partial charge in [0.25, 0.3) is 0 Å². The standard InChI is InChI=1S/C19H22N2O2S/c1-4-8-22-17-7-6-15(18(11-17)23-9-5-2)10-16(12-20)19-21-14(3)13-24-19/h6-7,10-11,13H,4-5,8-9H2,1-3H3/b16-10+. The molecule has 126 valence electrons. The van der Waals surface area contributed by atoms with Crippen LogP contribution in [0.25, 0.3) is 11.6 Å². The largest absolute Gasteiger partial charge is 0.493 e. The van der Waals surface area contributed by atoms with E-state index in [0.717, 1.165) is 40.6 Å². The first-order valence-corrected chi connectivity index (χ1v) is 8.99. The van der Waals surface area contributed by atoms with Crippen LogP contribution in [0.15, 0.2) is 23.6 Å². The number of nitriles is 1. The van der Waals surface area contributed by atoms with Crippen LogP contribution in [-0.2, 0) is 0 Å². The highest BCUT2D eigenvalue weighted by Crippen LogP contribution is 2.30. The van der Waals surface area contributed by atoms with Crippen molar-refractivity contribution in [3.05, 3.63) is 39.8 Å². The maximum atomic E-state index is 9.47. The molecule has 24 heavy (non-hydrogen) atoms. The zero-order valence-electron chi connectivity index (χ0n) is 14.3. The van der Waals surface area contributed by atoms with E-state index in [0.29, 0.717) is 18.8 Å². The van der Waals surface area contributed by atoms with Crippen molar-refractivity contribution in [2.24, 2.45) is 0 Å². The molecule has 0 bridgehead atoms. The zero-order chi connectivity index (χ0) is 17.4. The second kappa shape index (κ2) is 9.09. The summed E-state index contributed by atoms with van der Waals surface area (Å²) in [5.74, 6) is 1.51. The maximum Gasteiger partial charge on any atom is 0.134 e. The van der Waals surface area contributed by atoms with Crippen LogP contribution in [0.2, 0.25) is 0 Å². The summed E-state index contributed by atoms with van der Waals surface area (Å²) in [6.07, 6.45) is 3.70. The fraction of sp³-hybridized carbons (Fsp3) is 0.368. The number of rotatable bonds is 8. The Balaban J connectivity index is 2.36. The average molecular weight is 342 g/mol. The van der Waals surface area contributed by atoms with E-state index in [-0.39, 0.29) is 0 Å². The molecular formula is C19H22N2O2S. The Kier molecular flexibility index (Phi) is 6.83. The molecule has 0 amide bonds. The molecule has 0 unspecified atom stereocenters. The fourth-order valence-corrected chi connectivity index (χ4v) is 2.82. The summed E-state index contributed by atoms with van der Waals surface area (Å²) in [5, 5.41) is 12.1. The number of aromatic nitrogens is 1.